The molecule has 1 N–H and O–H groups in total. The summed E-state index contributed by atoms with van der Waals surface area (Å²) in [5.74, 6) is -1.38. The van der Waals surface area contributed by atoms with E-state index >= 15 is 0 Å². The first kappa shape index (κ1) is 16.4. The first-order chi connectivity index (χ1) is 12.5. The molecule has 0 fully saturated rings. The third-order valence-corrected chi connectivity index (χ3v) is 4.37. The molecule has 0 saturated heterocycles. The Kier molecular flexibility index (Phi) is 3.81. The molecule has 0 spiro atoms. The number of aliphatic hydroxyl groups excluding tert-OH is 1. The van der Waals surface area contributed by atoms with Gasteiger partial charge in [0.2, 0.25) is 0 Å². The number of hydrogen-bond acceptors (Lipinski definition) is 3. The van der Waals surface area contributed by atoms with Crippen LogP contribution >= 0.6 is 0 Å². The molecule has 1 unspecified atom stereocenters. The number of halogens is 2. The molecule has 0 saturated carbocycles. The van der Waals surface area contributed by atoms with Crippen LogP contribution in [-0.2, 0) is 6.54 Å². The van der Waals surface area contributed by atoms with Gasteiger partial charge in [0, 0.05) is 11.6 Å². The normalized spacial score (nSPS) is 12.8. The van der Waals surface area contributed by atoms with E-state index in [2.05, 4.69) is 5.10 Å². The van der Waals surface area contributed by atoms with Crippen LogP contribution in [0, 0.1) is 18.6 Å². The third kappa shape index (κ3) is 2.57. The molecule has 0 amide bonds. The first-order valence-corrected chi connectivity index (χ1v) is 8.06. The summed E-state index contributed by atoms with van der Waals surface area (Å²) in [6.45, 7) is 1.57. The fourth-order valence-electron chi connectivity index (χ4n) is 3.16. The first-order valence-electron chi connectivity index (χ1n) is 8.06. The largest absolute Gasteiger partial charge is 0.386 e. The molecular formula is C19H15F2N3O2. The molecule has 2 aromatic carbocycles. The van der Waals surface area contributed by atoms with Crippen molar-refractivity contribution in [3.05, 3.63) is 81.8 Å². The Bertz CT molecular complexity index is 1200. The zero-order valence-electron chi connectivity index (χ0n) is 13.9. The van der Waals surface area contributed by atoms with Crippen LogP contribution in [0.4, 0.5) is 8.78 Å². The minimum Gasteiger partial charge on any atom is -0.386 e. The van der Waals surface area contributed by atoms with E-state index in [1.54, 1.807) is 41.8 Å². The number of benzene rings is 2. The highest BCUT2D eigenvalue weighted by molar-refractivity contribution is 5.80. The van der Waals surface area contributed by atoms with Crippen molar-refractivity contribution in [1.82, 2.24) is 14.2 Å². The van der Waals surface area contributed by atoms with E-state index in [0.29, 0.717) is 22.2 Å². The van der Waals surface area contributed by atoms with E-state index < -0.39 is 17.7 Å². The predicted molar refractivity (Wildman–Crippen MR) is 93.0 cm³/mol. The number of rotatable bonds is 3. The number of para-hydroxylation sites is 1. The second kappa shape index (κ2) is 6.03. The maximum Gasteiger partial charge on any atom is 0.261 e. The van der Waals surface area contributed by atoms with Crippen LogP contribution in [0.2, 0.25) is 0 Å². The zero-order valence-corrected chi connectivity index (χ0v) is 13.9. The summed E-state index contributed by atoms with van der Waals surface area (Å²) < 4.78 is 30.3. The van der Waals surface area contributed by atoms with Crippen LogP contribution < -0.4 is 5.56 Å². The molecule has 1 atom stereocenters. The van der Waals surface area contributed by atoms with Crippen LogP contribution in [0.25, 0.3) is 16.6 Å². The Morgan fingerprint density at radius 3 is 2.73 bits per heavy atom. The van der Waals surface area contributed by atoms with Crippen LogP contribution in [0.5, 0.6) is 0 Å². The topological polar surface area (TPSA) is 59.5 Å². The van der Waals surface area contributed by atoms with Gasteiger partial charge in [-0.3, -0.25) is 9.36 Å². The highest BCUT2D eigenvalue weighted by Crippen LogP contribution is 2.22. The van der Waals surface area contributed by atoms with Crippen molar-refractivity contribution in [1.29, 1.82) is 0 Å². The summed E-state index contributed by atoms with van der Waals surface area (Å²) in [4.78, 5) is 12.9. The standard InChI is InChI=1S/C19H15F2N3O2/c1-11-8-18-23(10-17(25)14-9-12(20)6-7-15(14)21)19(26)13-4-2-3-5-16(13)24(18)22-11/h2-9,17,25H,10H2,1H3. The SMILES string of the molecule is Cc1cc2n(CC(O)c3cc(F)ccc3F)c(=O)c3ccccc3n2n1. The number of aromatic nitrogens is 3. The van der Waals surface area contributed by atoms with Gasteiger partial charge in [0.05, 0.1) is 29.2 Å². The average Bonchev–Trinajstić information content (AvgIpc) is 3.02. The van der Waals surface area contributed by atoms with Crippen molar-refractivity contribution in [3.63, 3.8) is 0 Å². The smallest absolute Gasteiger partial charge is 0.261 e. The Labute approximate surface area is 146 Å². The highest BCUT2D eigenvalue weighted by atomic mass is 19.1. The molecule has 0 bridgehead atoms. The van der Waals surface area contributed by atoms with Gasteiger partial charge in [0.1, 0.15) is 17.3 Å². The summed E-state index contributed by atoms with van der Waals surface area (Å²) in [5, 5.41) is 15.3. The fraction of sp³-hybridized carbons (Fsp3) is 0.158. The second-order valence-corrected chi connectivity index (χ2v) is 6.17. The molecule has 4 rings (SSSR count). The summed E-state index contributed by atoms with van der Waals surface area (Å²) >= 11 is 0. The predicted octanol–water partition coefficient (Wildman–Crippen LogP) is 2.97. The minimum absolute atomic E-state index is 0.195. The fourth-order valence-corrected chi connectivity index (χ4v) is 3.16. The Morgan fingerprint density at radius 2 is 1.92 bits per heavy atom. The van der Waals surface area contributed by atoms with Crippen LogP contribution in [0.3, 0.4) is 0 Å². The molecule has 4 aromatic rings. The molecule has 5 nitrogen and oxygen atoms in total. The molecule has 7 heteroatoms. The molecule has 0 aliphatic rings. The van der Waals surface area contributed by atoms with Crippen LogP contribution in [-0.4, -0.2) is 19.3 Å². The lowest BCUT2D eigenvalue weighted by molar-refractivity contribution is 0.151. The van der Waals surface area contributed by atoms with Crippen LogP contribution in [0.1, 0.15) is 17.4 Å². The van der Waals surface area contributed by atoms with E-state index in [1.165, 1.54) is 4.57 Å². The Balaban J connectivity index is 1.91. The molecule has 0 aliphatic carbocycles. The maximum absolute atomic E-state index is 14.0. The maximum atomic E-state index is 14.0. The zero-order chi connectivity index (χ0) is 18.4. The van der Waals surface area contributed by atoms with Crippen molar-refractivity contribution in [2.24, 2.45) is 0 Å². The van der Waals surface area contributed by atoms with Gasteiger partial charge >= 0.3 is 0 Å². The van der Waals surface area contributed by atoms with Gasteiger partial charge < -0.3 is 5.11 Å². The van der Waals surface area contributed by atoms with Crippen molar-refractivity contribution >= 4 is 16.6 Å². The molecular weight excluding hydrogens is 340 g/mol. The highest BCUT2D eigenvalue weighted by Gasteiger charge is 2.19. The number of nitrogens with zero attached hydrogens (tertiary/aromatic N) is 3. The lowest BCUT2D eigenvalue weighted by Crippen LogP contribution is -2.26. The Morgan fingerprint density at radius 1 is 1.15 bits per heavy atom. The lowest BCUT2D eigenvalue weighted by Gasteiger charge is -2.16. The van der Waals surface area contributed by atoms with Gasteiger partial charge in [-0.25, -0.2) is 13.3 Å². The summed E-state index contributed by atoms with van der Waals surface area (Å²) in [6, 6.07) is 11.6. The third-order valence-electron chi connectivity index (χ3n) is 4.37. The molecule has 2 heterocycles. The lowest BCUT2D eigenvalue weighted by atomic mass is 10.1. The number of hydrogen-bond donors (Lipinski definition) is 1. The van der Waals surface area contributed by atoms with Crippen molar-refractivity contribution in [3.8, 4) is 0 Å². The minimum atomic E-state index is -1.39. The Hall–Kier alpha value is -3.06. The summed E-state index contributed by atoms with van der Waals surface area (Å²) in [5.41, 5.74) is 1.29. The number of aryl methyl sites for hydroxylation is 1. The van der Waals surface area contributed by atoms with Crippen LogP contribution in [0.15, 0.2) is 53.3 Å². The van der Waals surface area contributed by atoms with Crippen molar-refractivity contribution in [2.75, 3.05) is 0 Å². The summed E-state index contributed by atoms with van der Waals surface area (Å²) in [7, 11) is 0. The van der Waals surface area contributed by atoms with Gasteiger partial charge in [-0.15, -0.1) is 0 Å². The molecule has 0 radical (unpaired) electrons. The van der Waals surface area contributed by atoms with Crippen molar-refractivity contribution in [2.45, 2.75) is 19.6 Å². The molecule has 2 aromatic heterocycles. The van der Waals surface area contributed by atoms with E-state index in [-0.39, 0.29) is 17.7 Å². The van der Waals surface area contributed by atoms with Gasteiger partial charge in [-0.1, -0.05) is 12.1 Å². The van der Waals surface area contributed by atoms with E-state index in [4.69, 9.17) is 0 Å². The average molecular weight is 355 g/mol. The molecule has 0 aliphatic heterocycles. The number of fused-ring (bicyclic) bond motifs is 3. The van der Waals surface area contributed by atoms with Gasteiger partial charge in [0.25, 0.3) is 5.56 Å². The molecule has 26 heavy (non-hydrogen) atoms. The summed E-state index contributed by atoms with van der Waals surface area (Å²) in [6.07, 6.45) is -1.39. The monoisotopic (exact) mass is 355 g/mol. The van der Waals surface area contributed by atoms with E-state index in [1.807, 2.05) is 0 Å². The van der Waals surface area contributed by atoms with E-state index in [9.17, 15) is 18.7 Å². The van der Waals surface area contributed by atoms with Gasteiger partial charge in [-0.2, -0.15) is 5.10 Å². The van der Waals surface area contributed by atoms with E-state index in [0.717, 1.165) is 18.2 Å². The second-order valence-electron chi connectivity index (χ2n) is 6.17. The number of aliphatic hydroxyl groups is 1. The van der Waals surface area contributed by atoms with Gasteiger partial charge in [0.15, 0.2) is 0 Å². The molecule has 132 valence electrons. The quantitative estimate of drug-likeness (QED) is 0.615. The van der Waals surface area contributed by atoms with Gasteiger partial charge in [-0.05, 0) is 37.3 Å². The van der Waals surface area contributed by atoms with Crippen molar-refractivity contribution < 1.29 is 13.9 Å².